The first-order valence-corrected chi connectivity index (χ1v) is 7.71. The fourth-order valence-corrected chi connectivity index (χ4v) is 2.61. The number of esters is 1. The first-order valence-electron chi connectivity index (χ1n) is 7.71. The molecular formula is C16H24N2O4. The molecule has 1 aromatic heterocycles. The van der Waals surface area contributed by atoms with Gasteiger partial charge in [-0.15, -0.1) is 0 Å². The van der Waals surface area contributed by atoms with Gasteiger partial charge in [0, 0.05) is 13.6 Å². The molecule has 2 rings (SSSR count). The van der Waals surface area contributed by atoms with Gasteiger partial charge in [-0.2, -0.15) is 0 Å². The van der Waals surface area contributed by atoms with Gasteiger partial charge in [-0.25, -0.2) is 4.79 Å². The van der Waals surface area contributed by atoms with Gasteiger partial charge in [-0.05, 0) is 38.8 Å². The maximum atomic E-state index is 12.3. The van der Waals surface area contributed by atoms with Crippen molar-refractivity contribution in [3.05, 3.63) is 24.2 Å². The van der Waals surface area contributed by atoms with Gasteiger partial charge >= 0.3 is 12.0 Å². The van der Waals surface area contributed by atoms with Gasteiger partial charge in [0.2, 0.25) is 0 Å². The fourth-order valence-electron chi connectivity index (χ4n) is 2.61. The Bertz CT molecular complexity index is 508. The van der Waals surface area contributed by atoms with E-state index in [9.17, 15) is 9.59 Å². The summed E-state index contributed by atoms with van der Waals surface area (Å²) in [7, 11) is 1.71. The van der Waals surface area contributed by atoms with Crippen molar-refractivity contribution in [3.8, 4) is 0 Å². The Hall–Kier alpha value is -1.98. The van der Waals surface area contributed by atoms with Crippen LogP contribution in [0, 0.1) is 5.41 Å². The summed E-state index contributed by atoms with van der Waals surface area (Å²) in [5, 5.41) is 2.85. The normalized spacial score (nSPS) is 17.2. The largest absolute Gasteiger partial charge is 0.467 e. The number of amides is 2. The van der Waals surface area contributed by atoms with Crippen LogP contribution in [0.5, 0.6) is 0 Å². The number of carbonyl (C=O) groups is 2. The van der Waals surface area contributed by atoms with Crippen LogP contribution in [0.25, 0.3) is 0 Å². The van der Waals surface area contributed by atoms with E-state index in [1.54, 1.807) is 31.2 Å². The minimum Gasteiger partial charge on any atom is -0.467 e. The first-order chi connectivity index (χ1) is 10.5. The maximum absolute atomic E-state index is 12.3. The third-order valence-corrected chi connectivity index (χ3v) is 4.45. The molecule has 2 amide bonds. The number of hydrogen-bond donors (Lipinski definition) is 1. The maximum Gasteiger partial charge on any atom is 0.317 e. The smallest absolute Gasteiger partial charge is 0.317 e. The third-order valence-electron chi connectivity index (χ3n) is 4.45. The number of carbonyl (C=O) groups excluding carboxylic acids is 2. The lowest BCUT2D eigenvalue weighted by Crippen LogP contribution is -2.50. The Morgan fingerprint density at radius 2 is 2.23 bits per heavy atom. The van der Waals surface area contributed by atoms with E-state index in [1.165, 1.54) is 0 Å². The number of nitrogens with zero attached hydrogens (tertiary/aromatic N) is 1. The number of hydrogen-bond acceptors (Lipinski definition) is 4. The van der Waals surface area contributed by atoms with Crippen LogP contribution in [-0.2, 0) is 9.53 Å². The summed E-state index contributed by atoms with van der Waals surface area (Å²) >= 11 is 0. The van der Waals surface area contributed by atoms with E-state index >= 15 is 0 Å². The van der Waals surface area contributed by atoms with Crippen LogP contribution in [0.4, 0.5) is 4.79 Å². The van der Waals surface area contributed by atoms with Crippen molar-refractivity contribution in [2.75, 3.05) is 20.2 Å². The lowest BCUT2D eigenvalue weighted by atomic mass is 9.68. The lowest BCUT2D eigenvalue weighted by Gasteiger charge is -2.39. The topological polar surface area (TPSA) is 71.8 Å². The molecule has 22 heavy (non-hydrogen) atoms. The molecule has 6 heteroatoms. The predicted molar refractivity (Wildman–Crippen MR) is 81.2 cm³/mol. The van der Waals surface area contributed by atoms with E-state index in [0.717, 1.165) is 25.0 Å². The van der Waals surface area contributed by atoms with E-state index in [-0.39, 0.29) is 18.0 Å². The number of rotatable bonds is 6. The van der Waals surface area contributed by atoms with Crippen molar-refractivity contribution in [1.29, 1.82) is 0 Å². The highest BCUT2D eigenvalue weighted by atomic mass is 16.5. The lowest BCUT2D eigenvalue weighted by molar-refractivity contribution is -0.160. The number of furan rings is 1. The van der Waals surface area contributed by atoms with Crippen LogP contribution in [0.15, 0.2) is 22.8 Å². The summed E-state index contributed by atoms with van der Waals surface area (Å²) in [6.07, 6.45) is 4.11. The first kappa shape index (κ1) is 16.4. The predicted octanol–water partition coefficient (Wildman–Crippen LogP) is 2.72. The summed E-state index contributed by atoms with van der Waals surface area (Å²) < 4.78 is 10.4. The Kier molecular flexibility index (Phi) is 5.11. The molecule has 1 heterocycles. The SMILES string of the molecule is CCOC(=O)C1(CNC(=O)N(C)[C@H](C)c2ccco2)CCC1. The van der Waals surface area contributed by atoms with Gasteiger partial charge < -0.3 is 19.4 Å². The highest BCUT2D eigenvalue weighted by Crippen LogP contribution is 2.41. The summed E-state index contributed by atoms with van der Waals surface area (Å²) in [6.45, 7) is 4.37. The number of ether oxygens (including phenoxy) is 1. The van der Waals surface area contributed by atoms with Crippen molar-refractivity contribution < 1.29 is 18.7 Å². The van der Waals surface area contributed by atoms with E-state index in [1.807, 2.05) is 13.0 Å². The summed E-state index contributed by atoms with van der Waals surface area (Å²) in [4.78, 5) is 25.9. The molecule has 0 unspecified atom stereocenters. The summed E-state index contributed by atoms with van der Waals surface area (Å²) in [5.41, 5.74) is -0.541. The van der Waals surface area contributed by atoms with Crippen LogP contribution in [0.3, 0.4) is 0 Å². The van der Waals surface area contributed by atoms with Crippen molar-refractivity contribution in [1.82, 2.24) is 10.2 Å². The molecule has 0 aromatic carbocycles. The van der Waals surface area contributed by atoms with Gasteiger partial charge in [-0.1, -0.05) is 6.42 Å². The average molecular weight is 308 g/mol. The van der Waals surface area contributed by atoms with E-state index in [0.29, 0.717) is 13.2 Å². The highest BCUT2D eigenvalue weighted by Gasteiger charge is 2.45. The van der Waals surface area contributed by atoms with Crippen molar-refractivity contribution >= 4 is 12.0 Å². The van der Waals surface area contributed by atoms with E-state index < -0.39 is 5.41 Å². The molecule has 1 saturated carbocycles. The van der Waals surface area contributed by atoms with Crippen LogP contribution in [0.1, 0.15) is 44.9 Å². The second-order valence-corrected chi connectivity index (χ2v) is 5.82. The standard InChI is InChI=1S/C16H24N2O4/c1-4-21-14(19)16(8-6-9-16)11-17-15(20)18(3)12(2)13-7-5-10-22-13/h5,7,10,12H,4,6,8-9,11H2,1-3H3,(H,17,20)/t12-/m1/s1. The van der Waals surface area contributed by atoms with Gasteiger partial charge in [0.05, 0.1) is 24.3 Å². The van der Waals surface area contributed by atoms with Crippen molar-refractivity contribution in [3.63, 3.8) is 0 Å². The van der Waals surface area contributed by atoms with Gasteiger partial charge in [-0.3, -0.25) is 4.79 Å². The zero-order valence-electron chi connectivity index (χ0n) is 13.4. The quantitative estimate of drug-likeness (QED) is 0.820. The Morgan fingerprint density at radius 1 is 1.50 bits per heavy atom. The number of urea groups is 1. The molecule has 0 aliphatic heterocycles. The van der Waals surface area contributed by atoms with Crippen molar-refractivity contribution in [2.24, 2.45) is 5.41 Å². The highest BCUT2D eigenvalue weighted by molar-refractivity contribution is 5.80. The molecule has 6 nitrogen and oxygen atoms in total. The zero-order chi connectivity index (χ0) is 16.2. The molecule has 0 bridgehead atoms. The second-order valence-electron chi connectivity index (χ2n) is 5.82. The van der Waals surface area contributed by atoms with Gasteiger partial charge in [0.25, 0.3) is 0 Å². The fraction of sp³-hybridized carbons (Fsp3) is 0.625. The van der Waals surface area contributed by atoms with Crippen molar-refractivity contribution in [2.45, 2.75) is 39.2 Å². The molecular weight excluding hydrogens is 284 g/mol. The molecule has 1 aliphatic carbocycles. The molecule has 0 spiro atoms. The monoisotopic (exact) mass is 308 g/mol. The molecule has 1 aromatic rings. The molecule has 1 aliphatic rings. The van der Waals surface area contributed by atoms with Crippen LogP contribution in [0.2, 0.25) is 0 Å². The van der Waals surface area contributed by atoms with Gasteiger partial charge in [0.15, 0.2) is 0 Å². The second kappa shape index (κ2) is 6.85. The molecule has 1 fully saturated rings. The van der Waals surface area contributed by atoms with Crippen LogP contribution in [-0.4, -0.2) is 37.1 Å². The summed E-state index contributed by atoms with van der Waals surface area (Å²) in [5.74, 6) is 0.518. The average Bonchev–Trinajstić information content (AvgIpc) is 2.98. The Labute approximate surface area is 130 Å². The zero-order valence-corrected chi connectivity index (χ0v) is 13.4. The Balaban J connectivity index is 1.90. The molecule has 1 N–H and O–H groups in total. The molecule has 122 valence electrons. The van der Waals surface area contributed by atoms with E-state index in [4.69, 9.17) is 9.15 Å². The van der Waals surface area contributed by atoms with Crippen LogP contribution < -0.4 is 5.32 Å². The minimum atomic E-state index is -0.541. The summed E-state index contributed by atoms with van der Waals surface area (Å²) in [6, 6.07) is 3.23. The molecule has 0 saturated heterocycles. The van der Waals surface area contributed by atoms with Crippen LogP contribution >= 0.6 is 0 Å². The molecule has 0 radical (unpaired) electrons. The Morgan fingerprint density at radius 3 is 2.73 bits per heavy atom. The number of nitrogens with one attached hydrogen (secondary N) is 1. The van der Waals surface area contributed by atoms with E-state index in [2.05, 4.69) is 5.32 Å². The molecule has 1 atom stereocenters. The third kappa shape index (κ3) is 3.26. The van der Waals surface area contributed by atoms with Gasteiger partial charge in [0.1, 0.15) is 5.76 Å². The minimum absolute atomic E-state index is 0.171.